The zero-order chi connectivity index (χ0) is 17.1. The summed E-state index contributed by atoms with van der Waals surface area (Å²) >= 11 is 1.59. The second-order valence-corrected chi connectivity index (χ2v) is 7.22. The minimum absolute atomic E-state index is 0.0120. The fourth-order valence-corrected chi connectivity index (χ4v) is 4.07. The first kappa shape index (κ1) is 16.6. The first-order chi connectivity index (χ1) is 11.5. The van der Waals surface area contributed by atoms with E-state index in [-0.39, 0.29) is 23.6 Å². The number of benzene rings is 1. The van der Waals surface area contributed by atoms with Gasteiger partial charge >= 0.3 is 0 Å². The molecule has 1 atom stereocenters. The van der Waals surface area contributed by atoms with E-state index >= 15 is 0 Å². The molecule has 1 N–H and O–H groups in total. The third-order valence-electron chi connectivity index (χ3n) is 3.97. The van der Waals surface area contributed by atoms with Gasteiger partial charge in [0.05, 0.1) is 24.6 Å². The summed E-state index contributed by atoms with van der Waals surface area (Å²) in [6.07, 6.45) is 2.28. The zero-order valence-electron chi connectivity index (χ0n) is 13.7. The Labute approximate surface area is 145 Å². The molecule has 0 saturated heterocycles. The lowest BCUT2D eigenvalue weighted by Gasteiger charge is -2.19. The lowest BCUT2D eigenvalue weighted by Crippen LogP contribution is -2.41. The number of likely N-dealkylation sites (N-methyl/N-ethyl adjacent to an activating group) is 1. The van der Waals surface area contributed by atoms with Gasteiger partial charge in [-0.3, -0.25) is 9.59 Å². The van der Waals surface area contributed by atoms with Crippen LogP contribution in [0.15, 0.2) is 45.9 Å². The molecule has 2 aromatic rings. The normalized spacial score (nSPS) is 15.8. The third kappa shape index (κ3) is 3.82. The Bertz CT molecular complexity index is 743. The molecule has 6 heteroatoms. The highest BCUT2D eigenvalue weighted by atomic mass is 32.2. The average Bonchev–Trinajstić information content (AvgIpc) is 3.20. The number of fused-ring (bicyclic) bond motifs is 1. The van der Waals surface area contributed by atoms with E-state index in [0.717, 1.165) is 6.42 Å². The fraction of sp³-hybridized carbons (Fsp3) is 0.333. The van der Waals surface area contributed by atoms with Gasteiger partial charge in [-0.2, -0.15) is 0 Å². The summed E-state index contributed by atoms with van der Waals surface area (Å²) in [6.45, 7) is 2.42. The molecule has 0 radical (unpaired) electrons. The van der Waals surface area contributed by atoms with E-state index in [1.165, 1.54) is 20.9 Å². The van der Waals surface area contributed by atoms with Gasteiger partial charge in [-0.15, -0.1) is 11.8 Å². The Morgan fingerprint density at radius 3 is 2.96 bits per heavy atom. The van der Waals surface area contributed by atoms with Crippen molar-refractivity contribution in [3.63, 3.8) is 0 Å². The quantitative estimate of drug-likeness (QED) is 0.905. The lowest BCUT2D eigenvalue weighted by atomic mass is 10.1. The van der Waals surface area contributed by atoms with Crippen molar-refractivity contribution < 1.29 is 14.0 Å². The summed E-state index contributed by atoms with van der Waals surface area (Å²) < 4.78 is 5.16. The molecule has 2 amide bonds. The summed E-state index contributed by atoms with van der Waals surface area (Å²) in [5, 5.41) is 2.60. The standard InChI is InChI=1S/C18H20N2O3S/c1-12-5-6-13-9-16(24-15(13)8-12)18(22)20(2)11-17(21)19-10-14-4-3-7-23-14/h3-8,16H,9-11H2,1-2H3,(H,19,21). The second-order valence-electron chi connectivity index (χ2n) is 5.97. The van der Waals surface area contributed by atoms with Crippen molar-refractivity contribution in [1.29, 1.82) is 0 Å². The van der Waals surface area contributed by atoms with Gasteiger partial charge in [-0.25, -0.2) is 0 Å². The van der Waals surface area contributed by atoms with Gasteiger partial charge in [-0.1, -0.05) is 17.7 Å². The molecule has 3 rings (SSSR count). The van der Waals surface area contributed by atoms with Crippen LogP contribution < -0.4 is 5.32 Å². The Morgan fingerprint density at radius 2 is 2.21 bits per heavy atom. The van der Waals surface area contributed by atoms with Crippen LogP contribution in [-0.2, 0) is 22.6 Å². The largest absolute Gasteiger partial charge is 0.467 e. The van der Waals surface area contributed by atoms with Crippen LogP contribution in [0.5, 0.6) is 0 Å². The molecular weight excluding hydrogens is 324 g/mol. The van der Waals surface area contributed by atoms with Gasteiger partial charge < -0.3 is 14.6 Å². The molecular formula is C18H20N2O3S. The molecule has 126 valence electrons. The van der Waals surface area contributed by atoms with Gasteiger partial charge in [-0.05, 0) is 37.1 Å². The van der Waals surface area contributed by atoms with E-state index < -0.39 is 0 Å². The summed E-state index contributed by atoms with van der Waals surface area (Å²) in [4.78, 5) is 27.2. The van der Waals surface area contributed by atoms with Gasteiger partial charge in [0.25, 0.3) is 0 Å². The van der Waals surface area contributed by atoms with Crippen LogP contribution in [0.2, 0.25) is 0 Å². The van der Waals surface area contributed by atoms with Gasteiger partial charge in [0, 0.05) is 11.9 Å². The molecule has 0 aliphatic carbocycles. The predicted molar refractivity (Wildman–Crippen MR) is 92.7 cm³/mol. The minimum Gasteiger partial charge on any atom is -0.467 e. The molecule has 5 nitrogen and oxygen atoms in total. The molecule has 0 spiro atoms. The Morgan fingerprint density at radius 1 is 1.38 bits per heavy atom. The van der Waals surface area contributed by atoms with Crippen LogP contribution in [0.4, 0.5) is 0 Å². The maximum Gasteiger partial charge on any atom is 0.239 e. The predicted octanol–water partition coefficient (Wildman–Crippen LogP) is 2.38. The highest BCUT2D eigenvalue weighted by Crippen LogP contribution is 2.38. The molecule has 1 unspecified atom stereocenters. The Hall–Kier alpha value is -2.21. The number of thioether (sulfide) groups is 1. The number of nitrogens with one attached hydrogen (secondary N) is 1. The van der Waals surface area contributed by atoms with E-state index in [0.29, 0.717) is 12.3 Å². The monoisotopic (exact) mass is 344 g/mol. The Balaban J connectivity index is 1.51. The van der Waals surface area contributed by atoms with Gasteiger partial charge in [0.1, 0.15) is 5.76 Å². The number of nitrogens with zero attached hydrogens (tertiary/aromatic N) is 1. The van der Waals surface area contributed by atoms with E-state index in [9.17, 15) is 9.59 Å². The summed E-state index contributed by atoms with van der Waals surface area (Å²) in [6, 6.07) is 9.83. The second kappa shape index (κ2) is 7.13. The molecule has 1 aromatic heterocycles. The number of hydrogen-bond acceptors (Lipinski definition) is 4. The van der Waals surface area contributed by atoms with Crippen molar-refractivity contribution in [2.75, 3.05) is 13.6 Å². The molecule has 2 heterocycles. The van der Waals surface area contributed by atoms with Crippen molar-refractivity contribution in [1.82, 2.24) is 10.2 Å². The number of amides is 2. The van der Waals surface area contributed by atoms with Crippen molar-refractivity contribution in [3.8, 4) is 0 Å². The SMILES string of the molecule is Cc1ccc2c(c1)SC(C(=O)N(C)CC(=O)NCc1ccco1)C2. The number of hydrogen-bond donors (Lipinski definition) is 1. The highest BCUT2D eigenvalue weighted by molar-refractivity contribution is 8.01. The smallest absolute Gasteiger partial charge is 0.239 e. The Kier molecular flexibility index (Phi) is 4.94. The van der Waals surface area contributed by atoms with Crippen LogP contribution in [0.1, 0.15) is 16.9 Å². The fourth-order valence-electron chi connectivity index (χ4n) is 2.67. The van der Waals surface area contributed by atoms with E-state index in [1.54, 1.807) is 37.2 Å². The molecule has 24 heavy (non-hydrogen) atoms. The maximum absolute atomic E-state index is 12.6. The van der Waals surface area contributed by atoms with Crippen LogP contribution in [0, 0.1) is 6.92 Å². The number of aryl methyl sites for hydroxylation is 1. The van der Waals surface area contributed by atoms with Crippen molar-refractivity contribution in [2.24, 2.45) is 0 Å². The zero-order valence-corrected chi connectivity index (χ0v) is 14.6. The first-order valence-electron chi connectivity index (χ1n) is 7.83. The first-order valence-corrected chi connectivity index (χ1v) is 8.71. The number of carbonyl (C=O) groups excluding carboxylic acids is 2. The number of carbonyl (C=O) groups is 2. The van der Waals surface area contributed by atoms with Gasteiger partial charge in [0.15, 0.2) is 0 Å². The van der Waals surface area contributed by atoms with E-state index in [4.69, 9.17) is 4.42 Å². The summed E-state index contributed by atoms with van der Waals surface area (Å²) in [5.41, 5.74) is 2.40. The number of rotatable bonds is 5. The van der Waals surface area contributed by atoms with Crippen LogP contribution in [0.25, 0.3) is 0 Å². The summed E-state index contributed by atoms with van der Waals surface area (Å²) in [7, 11) is 1.67. The molecule has 0 bridgehead atoms. The molecule has 1 aromatic carbocycles. The summed E-state index contributed by atoms with van der Waals surface area (Å²) in [5.74, 6) is 0.482. The molecule has 1 aliphatic rings. The van der Waals surface area contributed by atoms with Crippen LogP contribution >= 0.6 is 11.8 Å². The third-order valence-corrected chi connectivity index (χ3v) is 5.26. The van der Waals surface area contributed by atoms with Gasteiger partial charge in [0.2, 0.25) is 11.8 Å². The van der Waals surface area contributed by atoms with Crippen LogP contribution in [0.3, 0.4) is 0 Å². The van der Waals surface area contributed by atoms with Crippen LogP contribution in [-0.4, -0.2) is 35.6 Å². The van der Waals surface area contributed by atoms with E-state index in [2.05, 4.69) is 23.5 Å². The highest BCUT2D eigenvalue weighted by Gasteiger charge is 2.30. The maximum atomic E-state index is 12.6. The topological polar surface area (TPSA) is 62.6 Å². The lowest BCUT2D eigenvalue weighted by molar-refractivity contribution is -0.134. The minimum atomic E-state index is -0.196. The van der Waals surface area contributed by atoms with Crippen molar-refractivity contribution in [2.45, 2.75) is 30.0 Å². The molecule has 0 fully saturated rings. The van der Waals surface area contributed by atoms with Crippen molar-refractivity contribution in [3.05, 3.63) is 53.5 Å². The molecule has 0 saturated carbocycles. The molecule has 1 aliphatic heterocycles. The average molecular weight is 344 g/mol. The van der Waals surface area contributed by atoms with Crippen molar-refractivity contribution >= 4 is 23.6 Å². The van der Waals surface area contributed by atoms with E-state index in [1.807, 2.05) is 6.92 Å². The number of furan rings is 1.